The number of aliphatic hydroxyl groups excluding tert-OH is 1. The van der Waals surface area contributed by atoms with Gasteiger partial charge in [0.1, 0.15) is 5.76 Å². The summed E-state index contributed by atoms with van der Waals surface area (Å²) < 4.78 is 96.0. The van der Waals surface area contributed by atoms with Crippen molar-refractivity contribution in [3.63, 3.8) is 0 Å². The molecule has 0 aromatic heterocycles. The fourth-order valence-corrected chi connectivity index (χ4v) is 0.358. The minimum Gasteiger partial charge on any atom is -0.512 e. The average molecular weight is 197 g/mol. The summed E-state index contributed by atoms with van der Waals surface area (Å²) >= 11 is 0. The van der Waals surface area contributed by atoms with Gasteiger partial charge in [0.05, 0.1) is 1.37 Å². The van der Waals surface area contributed by atoms with Gasteiger partial charge in [-0.25, -0.2) is 0 Å². The van der Waals surface area contributed by atoms with Crippen molar-refractivity contribution in [1.82, 2.24) is 0 Å². The van der Waals surface area contributed by atoms with E-state index in [2.05, 4.69) is 0 Å². The molecule has 0 aliphatic heterocycles. The zero-order valence-electron chi connectivity index (χ0n) is 20.4. The molecule has 0 atom stereocenters. The summed E-state index contributed by atoms with van der Waals surface area (Å²) in [6.45, 7) is -12.6. The van der Waals surface area contributed by atoms with Crippen LogP contribution in [0.25, 0.3) is 0 Å². The van der Waals surface area contributed by atoms with Gasteiger partial charge >= 0.3 is 0 Å². The molecule has 2 heteroatoms. The molecule has 0 saturated carbocycles. The average Bonchev–Trinajstić information content (AvgIpc) is 2.37. The van der Waals surface area contributed by atoms with E-state index in [0.29, 0.717) is 13.8 Å². The zero-order chi connectivity index (χ0) is 21.7. The summed E-state index contributed by atoms with van der Waals surface area (Å²) in [5.74, 6) is -3.63. The van der Waals surface area contributed by atoms with Gasteiger partial charge in [0, 0.05) is 33.3 Å². The number of allylic oxidation sites excluding steroid dienone is 2. The fraction of sp³-hybridized carbons (Fsp3) is 0.727. The second-order valence-corrected chi connectivity index (χ2v) is 3.05. The Balaban J connectivity index is 6.81. The first kappa shape index (κ1) is 2.62. The van der Waals surface area contributed by atoms with E-state index in [1.54, 1.807) is 0 Å². The molecule has 13 heavy (non-hydrogen) atoms. The molecule has 0 rings (SSSR count). The van der Waals surface area contributed by atoms with Gasteiger partial charge in [0.15, 0.2) is 5.78 Å². The van der Waals surface area contributed by atoms with E-state index in [4.69, 9.17) is 17.8 Å². The van der Waals surface area contributed by atoms with Crippen LogP contribution in [0.15, 0.2) is 11.8 Å². The Kier molecular flexibility index (Phi) is 0.710. The molecule has 0 heterocycles. The lowest BCUT2D eigenvalue weighted by molar-refractivity contribution is -0.121. The van der Waals surface area contributed by atoms with E-state index in [-0.39, 0.29) is 0 Å². The van der Waals surface area contributed by atoms with Crippen molar-refractivity contribution in [2.45, 2.75) is 41.3 Å². The molecule has 0 aliphatic rings. The van der Waals surface area contributed by atoms with Crippen LogP contribution >= 0.6 is 0 Å². The zero-order valence-corrected chi connectivity index (χ0v) is 7.36. The predicted octanol–water partition coefficient (Wildman–Crippen LogP) is 3.09. The Hall–Kier alpha value is -0.790. The molecule has 0 amide bonds. The van der Waals surface area contributed by atoms with E-state index in [1.807, 2.05) is 0 Å². The molecule has 0 aliphatic carbocycles. The molecule has 76 valence electrons. The van der Waals surface area contributed by atoms with Crippen LogP contribution in [0.4, 0.5) is 0 Å². The van der Waals surface area contributed by atoms with E-state index in [9.17, 15) is 9.90 Å². The van der Waals surface area contributed by atoms with Gasteiger partial charge in [-0.1, -0.05) is 41.3 Å². The number of hydrogen-bond acceptors (Lipinski definition) is 2. The van der Waals surface area contributed by atoms with Gasteiger partial charge in [0.25, 0.3) is 0 Å². The summed E-state index contributed by atoms with van der Waals surface area (Å²) in [6.07, 6.45) is 0. The maximum Gasteiger partial charge on any atom is 0.164 e. The van der Waals surface area contributed by atoms with Crippen molar-refractivity contribution < 1.29 is 27.7 Å². The first-order valence-electron chi connectivity index (χ1n) is 9.93. The third-order valence-electron chi connectivity index (χ3n) is 1.16. The van der Waals surface area contributed by atoms with Crippen LogP contribution in [0.1, 0.15) is 59.1 Å². The lowest BCUT2D eigenvalue weighted by atomic mass is 9.87. The number of ketones is 1. The van der Waals surface area contributed by atoms with Crippen LogP contribution in [0.2, 0.25) is 0 Å². The standard InChI is InChI=1S/C11H20O2/c1-10(2,3)8(12)7-9(13)11(4,5)6/h7,12H,1-6H3/i1D3,2D3,4D3,5D3,7D. The number of hydrogen-bond donors (Lipinski definition) is 1. The van der Waals surface area contributed by atoms with Crippen molar-refractivity contribution in [1.29, 1.82) is 0 Å². The number of carbonyl (C=O) groups is 1. The quantitative estimate of drug-likeness (QED) is 0.518. The highest BCUT2D eigenvalue weighted by atomic mass is 16.3. The molecule has 0 radical (unpaired) electrons. The monoisotopic (exact) mass is 197 g/mol. The molecule has 2 nitrogen and oxygen atoms in total. The van der Waals surface area contributed by atoms with E-state index in [1.165, 1.54) is 0 Å². The van der Waals surface area contributed by atoms with Gasteiger partial charge in [0.2, 0.25) is 0 Å². The topological polar surface area (TPSA) is 37.3 Å². The van der Waals surface area contributed by atoms with Crippen LogP contribution in [-0.2, 0) is 4.79 Å². The lowest BCUT2D eigenvalue weighted by Gasteiger charge is -2.19. The second kappa shape index (κ2) is 3.52. The van der Waals surface area contributed by atoms with Gasteiger partial charge in [-0.3, -0.25) is 4.79 Å². The third-order valence-corrected chi connectivity index (χ3v) is 1.16. The van der Waals surface area contributed by atoms with Crippen molar-refractivity contribution >= 4 is 5.78 Å². The SMILES string of the molecule is [2H]C(C(=O)C(C)(C([2H])([2H])[2H])C([2H])([2H])[2H])=C(O)C(C)(C([2H])([2H])[2H])C([2H])([2H])[2H]. The number of aliphatic hydroxyl groups is 1. The van der Waals surface area contributed by atoms with Crippen LogP contribution in [-0.4, -0.2) is 10.9 Å². The van der Waals surface area contributed by atoms with Crippen molar-refractivity contribution in [2.75, 3.05) is 0 Å². The third kappa shape index (κ3) is 4.11. The Morgan fingerprint density at radius 3 is 2.15 bits per heavy atom. The van der Waals surface area contributed by atoms with Crippen molar-refractivity contribution in [3.05, 3.63) is 11.8 Å². The van der Waals surface area contributed by atoms with Crippen LogP contribution in [0.5, 0.6) is 0 Å². The minimum absolute atomic E-state index is 0.527. The summed E-state index contributed by atoms with van der Waals surface area (Å²) in [7, 11) is 0. The highest BCUT2D eigenvalue weighted by Crippen LogP contribution is 2.24. The number of rotatable bonds is 1. The minimum atomic E-state index is -3.45. The van der Waals surface area contributed by atoms with Crippen molar-refractivity contribution in [2.24, 2.45) is 10.8 Å². The summed E-state index contributed by atoms with van der Waals surface area (Å²) in [6, 6.07) is -1.69. The molecule has 0 aromatic carbocycles. The Bertz CT molecular complexity index is 559. The highest BCUT2D eigenvalue weighted by Gasteiger charge is 2.23. The molecule has 0 bridgehead atoms. The predicted molar refractivity (Wildman–Crippen MR) is 54.6 cm³/mol. The Morgan fingerprint density at radius 1 is 1.31 bits per heavy atom. The first-order valence-corrected chi connectivity index (χ1v) is 3.43. The van der Waals surface area contributed by atoms with Gasteiger partial charge in [-0.15, -0.1) is 0 Å². The summed E-state index contributed by atoms with van der Waals surface area (Å²) in [4.78, 5) is 12.5. The van der Waals surface area contributed by atoms with Gasteiger partial charge < -0.3 is 5.11 Å². The summed E-state index contributed by atoms with van der Waals surface area (Å²) in [5, 5.41) is 10.2. The summed E-state index contributed by atoms with van der Waals surface area (Å²) in [5.41, 5.74) is -6.24. The molecular formula is C11H20O2. The van der Waals surface area contributed by atoms with Crippen LogP contribution in [0.3, 0.4) is 0 Å². The highest BCUT2D eigenvalue weighted by molar-refractivity contribution is 5.94. The first-order chi connectivity index (χ1) is 11.0. The fourth-order valence-electron chi connectivity index (χ4n) is 0.358. The number of carbonyl (C=O) groups excluding carboxylic acids is 1. The molecule has 0 fully saturated rings. The maximum absolute atomic E-state index is 12.5. The van der Waals surface area contributed by atoms with Gasteiger partial charge in [-0.2, -0.15) is 0 Å². The van der Waals surface area contributed by atoms with Crippen LogP contribution < -0.4 is 0 Å². The molecule has 0 unspecified atom stereocenters. The smallest absolute Gasteiger partial charge is 0.164 e. The molecule has 0 aromatic rings. The van der Waals surface area contributed by atoms with E-state index in [0.717, 1.165) is 0 Å². The van der Waals surface area contributed by atoms with E-state index >= 15 is 0 Å². The second-order valence-electron chi connectivity index (χ2n) is 3.05. The molecule has 1 N–H and O–H groups in total. The molecule has 0 spiro atoms. The lowest BCUT2D eigenvalue weighted by Crippen LogP contribution is -2.20. The normalized spacial score (nSPS) is 33.8. The Labute approximate surface area is 98.9 Å². The maximum atomic E-state index is 12.5. The van der Waals surface area contributed by atoms with Gasteiger partial charge in [-0.05, 0) is 0 Å². The Morgan fingerprint density at radius 2 is 1.77 bits per heavy atom. The molecular weight excluding hydrogens is 164 g/mol. The van der Waals surface area contributed by atoms with Crippen LogP contribution in [0, 0.1) is 10.8 Å². The molecule has 0 saturated heterocycles. The van der Waals surface area contributed by atoms with Crippen molar-refractivity contribution in [3.8, 4) is 0 Å². The largest absolute Gasteiger partial charge is 0.512 e. The van der Waals surface area contributed by atoms with E-state index < -0.39 is 55.8 Å².